The molecule has 33 heavy (non-hydrogen) atoms. The van der Waals surface area contributed by atoms with Crippen LogP contribution in [-0.2, 0) is 17.6 Å². The number of nitrogens with zero attached hydrogens (tertiary/aromatic N) is 4. The van der Waals surface area contributed by atoms with Gasteiger partial charge in [-0.25, -0.2) is 14.1 Å². The summed E-state index contributed by atoms with van der Waals surface area (Å²) in [5.41, 5.74) is 6.72. The SMILES string of the molecule is Nc1nccc(Oc2ccc(CC(=O)Cc3ccnn3-c3ccccc3)c(F)c2)c1[N+](=O)[O-]. The first-order chi connectivity index (χ1) is 15.9. The van der Waals surface area contributed by atoms with E-state index in [1.807, 2.05) is 30.3 Å². The lowest BCUT2D eigenvalue weighted by Crippen LogP contribution is -2.12. The average Bonchev–Trinajstić information content (AvgIpc) is 3.24. The van der Waals surface area contributed by atoms with Crippen molar-refractivity contribution in [1.29, 1.82) is 0 Å². The zero-order valence-corrected chi connectivity index (χ0v) is 17.2. The maximum Gasteiger partial charge on any atom is 0.353 e. The van der Waals surface area contributed by atoms with Gasteiger partial charge in [0.25, 0.3) is 0 Å². The Hall–Kier alpha value is -4.60. The standard InChI is InChI=1S/C23H18FN5O4/c24-20-14-19(33-21-9-10-26-23(25)22(21)29(31)32)7-6-15(20)12-18(30)13-17-8-11-27-28(17)16-4-2-1-3-5-16/h1-11,14H,12-13H2,(H2,25,26). The molecule has 0 bridgehead atoms. The molecule has 2 N–H and O–H groups in total. The molecule has 0 radical (unpaired) electrons. The zero-order chi connectivity index (χ0) is 23.4. The molecule has 2 aromatic carbocycles. The van der Waals surface area contributed by atoms with Crippen LogP contribution in [0.3, 0.4) is 0 Å². The van der Waals surface area contributed by atoms with Crippen LogP contribution in [-0.4, -0.2) is 25.5 Å². The molecule has 2 heterocycles. The summed E-state index contributed by atoms with van der Waals surface area (Å²) in [7, 11) is 0. The van der Waals surface area contributed by atoms with Crippen LogP contribution in [0.5, 0.6) is 11.5 Å². The molecule has 10 heteroatoms. The number of rotatable bonds is 8. The molecule has 0 saturated heterocycles. The minimum absolute atomic E-state index is 0.0274. The average molecular weight is 447 g/mol. The zero-order valence-electron chi connectivity index (χ0n) is 17.2. The van der Waals surface area contributed by atoms with Crippen molar-refractivity contribution in [2.45, 2.75) is 12.8 Å². The molecular formula is C23H18FN5O4. The number of halogens is 1. The van der Waals surface area contributed by atoms with Crippen LogP contribution >= 0.6 is 0 Å². The number of ketones is 1. The maximum atomic E-state index is 14.7. The monoisotopic (exact) mass is 447 g/mol. The number of pyridine rings is 1. The number of carbonyl (C=O) groups is 1. The van der Waals surface area contributed by atoms with E-state index < -0.39 is 16.4 Å². The Morgan fingerprint density at radius 3 is 2.61 bits per heavy atom. The summed E-state index contributed by atoms with van der Waals surface area (Å²) < 4.78 is 21.8. The number of benzene rings is 2. The predicted octanol–water partition coefficient (Wildman–Crippen LogP) is 4.04. The van der Waals surface area contributed by atoms with E-state index in [1.54, 1.807) is 16.9 Å². The van der Waals surface area contributed by atoms with Gasteiger partial charge in [0.1, 0.15) is 17.3 Å². The smallest absolute Gasteiger partial charge is 0.353 e. The summed E-state index contributed by atoms with van der Waals surface area (Å²) in [6, 6.07) is 16.3. The second-order valence-corrected chi connectivity index (χ2v) is 7.12. The van der Waals surface area contributed by atoms with Crippen LogP contribution in [0.25, 0.3) is 5.69 Å². The third-order valence-corrected chi connectivity index (χ3v) is 4.84. The second kappa shape index (κ2) is 9.27. The minimum Gasteiger partial charge on any atom is -0.450 e. The number of para-hydroxylation sites is 1. The summed E-state index contributed by atoms with van der Waals surface area (Å²) in [5, 5.41) is 15.5. The Morgan fingerprint density at radius 2 is 1.88 bits per heavy atom. The molecule has 4 rings (SSSR count). The Labute approximate surface area is 187 Å². The van der Waals surface area contributed by atoms with Gasteiger partial charge in [-0.15, -0.1) is 0 Å². The van der Waals surface area contributed by atoms with E-state index in [-0.39, 0.29) is 41.5 Å². The summed E-state index contributed by atoms with van der Waals surface area (Å²) in [5.74, 6) is -1.31. The molecular weight excluding hydrogens is 429 g/mol. The first-order valence-electron chi connectivity index (χ1n) is 9.87. The fourth-order valence-corrected chi connectivity index (χ4v) is 3.32. The van der Waals surface area contributed by atoms with E-state index in [4.69, 9.17) is 10.5 Å². The summed E-state index contributed by atoms with van der Waals surface area (Å²) in [6.45, 7) is 0. The molecule has 0 aliphatic rings. The van der Waals surface area contributed by atoms with Crippen molar-refractivity contribution in [2.75, 3.05) is 5.73 Å². The summed E-state index contributed by atoms with van der Waals surface area (Å²) >= 11 is 0. The third kappa shape index (κ3) is 4.85. The van der Waals surface area contributed by atoms with E-state index in [2.05, 4.69) is 10.1 Å². The molecule has 0 amide bonds. The van der Waals surface area contributed by atoms with Gasteiger partial charge in [-0.05, 0) is 29.8 Å². The maximum absolute atomic E-state index is 14.7. The number of carbonyl (C=O) groups excluding carboxylic acids is 1. The first-order valence-corrected chi connectivity index (χ1v) is 9.87. The van der Waals surface area contributed by atoms with Crippen LogP contribution in [0.4, 0.5) is 15.9 Å². The topological polar surface area (TPSA) is 126 Å². The quantitative estimate of drug-likeness (QED) is 0.319. The van der Waals surface area contributed by atoms with Gasteiger partial charge < -0.3 is 10.5 Å². The minimum atomic E-state index is -0.721. The lowest BCUT2D eigenvalue weighted by atomic mass is 10.0. The van der Waals surface area contributed by atoms with Crippen molar-refractivity contribution < 1.29 is 18.8 Å². The van der Waals surface area contributed by atoms with Gasteiger partial charge in [0.2, 0.25) is 11.6 Å². The fraction of sp³-hybridized carbons (Fsp3) is 0.0870. The van der Waals surface area contributed by atoms with Gasteiger partial charge in [0.15, 0.2) is 0 Å². The number of nitrogen functional groups attached to an aromatic ring is 1. The van der Waals surface area contributed by atoms with E-state index in [0.29, 0.717) is 5.69 Å². The van der Waals surface area contributed by atoms with Crippen LogP contribution < -0.4 is 10.5 Å². The largest absolute Gasteiger partial charge is 0.450 e. The van der Waals surface area contributed by atoms with Crippen molar-refractivity contribution in [2.24, 2.45) is 0 Å². The highest BCUT2D eigenvalue weighted by molar-refractivity contribution is 5.83. The highest BCUT2D eigenvalue weighted by Crippen LogP contribution is 2.34. The van der Waals surface area contributed by atoms with Crippen molar-refractivity contribution >= 4 is 17.3 Å². The second-order valence-electron chi connectivity index (χ2n) is 7.12. The Morgan fingerprint density at radius 1 is 1.09 bits per heavy atom. The lowest BCUT2D eigenvalue weighted by Gasteiger charge is -2.10. The van der Waals surface area contributed by atoms with Crippen LogP contribution in [0.1, 0.15) is 11.3 Å². The van der Waals surface area contributed by atoms with Crippen LogP contribution in [0, 0.1) is 15.9 Å². The molecule has 0 spiro atoms. The number of ether oxygens (including phenoxy) is 1. The number of hydrogen-bond acceptors (Lipinski definition) is 7. The van der Waals surface area contributed by atoms with E-state index >= 15 is 0 Å². The first kappa shape index (κ1) is 21.6. The van der Waals surface area contributed by atoms with Crippen molar-refractivity contribution in [3.8, 4) is 17.2 Å². The van der Waals surface area contributed by atoms with Crippen LogP contribution in [0.15, 0.2) is 73.1 Å². The van der Waals surface area contributed by atoms with E-state index in [0.717, 1.165) is 11.8 Å². The normalized spacial score (nSPS) is 10.7. The molecule has 2 aromatic heterocycles. The van der Waals surface area contributed by atoms with Gasteiger partial charge in [0, 0.05) is 37.4 Å². The number of nitrogens with two attached hydrogens (primary N) is 1. The van der Waals surface area contributed by atoms with E-state index in [9.17, 15) is 19.3 Å². The number of hydrogen-bond donors (Lipinski definition) is 1. The van der Waals surface area contributed by atoms with Gasteiger partial charge in [0.05, 0.1) is 16.3 Å². The van der Waals surface area contributed by atoms with Crippen molar-refractivity contribution in [1.82, 2.24) is 14.8 Å². The van der Waals surface area contributed by atoms with Crippen molar-refractivity contribution in [3.05, 3.63) is 100 Å². The molecule has 166 valence electrons. The molecule has 4 aromatic rings. The summed E-state index contributed by atoms with van der Waals surface area (Å²) in [6.07, 6.45) is 2.80. The van der Waals surface area contributed by atoms with Gasteiger partial charge >= 0.3 is 5.69 Å². The number of anilines is 1. The highest BCUT2D eigenvalue weighted by Gasteiger charge is 2.21. The molecule has 0 unspecified atom stereocenters. The third-order valence-electron chi connectivity index (χ3n) is 4.84. The predicted molar refractivity (Wildman–Crippen MR) is 118 cm³/mol. The fourth-order valence-electron chi connectivity index (χ4n) is 3.32. The van der Waals surface area contributed by atoms with Gasteiger partial charge in [-0.1, -0.05) is 24.3 Å². The molecule has 0 saturated carbocycles. The lowest BCUT2D eigenvalue weighted by molar-refractivity contribution is -0.384. The number of Topliss-reactive ketones (excluding diaryl/α,β-unsaturated/α-hetero) is 1. The molecule has 0 aliphatic heterocycles. The van der Waals surface area contributed by atoms with Crippen LogP contribution in [0.2, 0.25) is 0 Å². The Kier molecular flexibility index (Phi) is 6.07. The summed E-state index contributed by atoms with van der Waals surface area (Å²) in [4.78, 5) is 26.8. The molecule has 9 nitrogen and oxygen atoms in total. The molecule has 0 aliphatic carbocycles. The van der Waals surface area contributed by atoms with Gasteiger partial charge in [-0.3, -0.25) is 14.9 Å². The van der Waals surface area contributed by atoms with E-state index in [1.165, 1.54) is 24.4 Å². The van der Waals surface area contributed by atoms with Gasteiger partial charge in [-0.2, -0.15) is 5.10 Å². The molecule has 0 fully saturated rings. The highest BCUT2D eigenvalue weighted by atomic mass is 19.1. The Bertz CT molecular complexity index is 1320. The molecule has 0 atom stereocenters. The number of nitro groups is 1. The Balaban J connectivity index is 1.47. The number of aromatic nitrogens is 3. The van der Waals surface area contributed by atoms with Crippen molar-refractivity contribution in [3.63, 3.8) is 0 Å².